The molecular formula is C31H28N6O8S2. The Balaban J connectivity index is 1.44. The quantitative estimate of drug-likeness (QED) is 0.0660. The van der Waals surface area contributed by atoms with Crippen molar-refractivity contribution in [1.29, 1.82) is 0 Å². The highest BCUT2D eigenvalue weighted by Gasteiger charge is 2.23. The van der Waals surface area contributed by atoms with Crippen LogP contribution in [0.25, 0.3) is 10.8 Å². The highest BCUT2D eigenvalue weighted by molar-refractivity contribution is 7.92. The van der Waals surface area contributed by atoms with Crippen molar-refractivity contribution in [2.45, 2.75) is 16.7 Å². The van der Waals surface area contributed by atoms with Crippen LogP contribution in [0.5, 0.6) is 17.2 Å². The van der Waals surface area contributed by atoms with Crippen molar-refractivity contribution < 1.29 is 36.0 Å². The Bertz CT molecular complexity index is 2260. The number of anilines is 2. The van der Waals surface area contributed by atoms with Gasteiger partial charge in [-0.25, -0.2) is 8.42 Å². The van der Waals surface area contributed by atoms with E-state index in [1.807, 2.05) is 6.92 Å². The zero-order valence-electron chi connectivity index (χ0n) is 25.1. The van der Waals surface area contributed by atoms with Crippen molar-refractivity contribution >= 4 is 65.0 Å². The van der Waals surface area contributed by atoms with Crippen LogP contribution in [-0.2, 0) is 20.1 Å². The van der Waals surface area contributed by atoms with Gasteiger partial charge in [-0.1, -0.05) is 29.8 Å². The maximum Gasteiger partial charge on any atom is 0.296 e. The maximum absolute atomic E-state index is 12.8. The van der Waals surface area contributed by atoms with Crippen molar-refractivity contribution in [3.05, 3.63) is 90.5 Å². The normalized spacial score (nSPS) is 12.2. The van der Waals surface area contributed by atoms with Gasteiger partial charge in [0.25, 0.3) is 20.1 Å². The monoisotopic (exact) mass is 676 g/mol. The zero-order valence-corrected chi connectivity index (χ0v) is 26.7. The van der Waals surface area contributed by atoms with Crippen LogP contribution in [-0.4, -0.2) is 40.7 Å². The first-order valence-corrected chi connectivity index (χ1v) is 16.5. The molecule has 5 aromatic carbocycles. The number of hydrogen-bond acceptors (Lipinski definition) is 12. The van der Waals surface area contributed by atoms with Gasteiger partial charge in [0.2, 0.25) is 0 Å². The van der Waals surface area contributed by atoms with E-state index in [1.54, 1.807) is 30.3 Å². The number of phenols is 1. The van der Waals surface area contributed by atoms with Crippen molar-refractivity contribution in [1.82, 2.24) is 0 Å². The Morgan fingerprint density at radius 3 is 1.94 bits per heavy atom. The van der Waals surface area contributed by atoms with E-state index in [0.717, 1.165) is 11.6 Å². The summed E-state index contributed by atoms with van der Waals surface area (Å²) in [6, 6.07) is 21.2. The average Bonchev–Trinajstić information content (AvgIpc) is 3.03. The van der Waals surface area contributed by atoms with E-state index in [-0.39, 0.29) is 44.2 Å². The number of aryl methyl sites for hydroxylation is 1. The van der Waals surface area contributed by atoms with Crippen LogP contribution in [0.3, 0.4) is 0 Å². The molecule has 0 aromatic heterocycles. The van der Waals surface area contributed by atoms with E-state index in [9.17, 15) is 26.5 Å². The number of nitrogens with two attached hydrogens (primary N) is 1. The van der Waals surface area contributed by atoms with Gasteiger partial charge in [-0.05, 0) is 60.8 Å². The molecule has 0 aliphatic rings. The molecule has 47 heavy (non-hydrogen) atoms. The van der Waals surface area contributed by atoms with Crippen LogP contribution < -0.4 is 19.9 Å². The lowest BCUT2D eigenvalue weighted by Gasteiger charge is -2.11. The predicted molar refractivity (Wildman–Crippen MR) is 176 cm³/mol. The molecule has 5 aromatic rings. The fraction of sp³-hybridized carbons (Fsp3) is 0.0968. The lowest BCUT2D eigenvalue weighted by Crippen LogP contribution is -2.12. The fourth-order valence-corrected chi connectivity index (χ4v) is 6.20. The molecule has 0 heterocycles. The molecule has 5 rings (SSSR count). The number of fused-ring (bicyclic) bond motifs is 1. The zero-order chi connectivity index (χ0) is 33.9. The first kappa shape index (κ1) is 32.8. The number of benzene rings is 5. The van der Waals surface area contributed by atoms with Crippen LogP contribution in [0.15, 0.2) is 115 Å². The number of nitrogens with one attached hydrogen (secondary N) is 1. The summed E-state index contributed by atoms with van der Waals surface area (Å²) in [7, 11) is -5.95. The summed E-state index contributed by atoms with van der Waals surface area (Å²) in [6.45, 7) is 1.90. The molecule has 0 radical (unpaired) electrons. The van der Waals surface area contributed by atoms with E-state index in [2.05, 4.69) is 25.2 Å². The molecule has 14 nitrogen and oxygen atoms in total. The summed E-state index contributed by atoms with van der Waals surface area (Å²) < 4.78 is 73.1. The Morgan fingerprint density at radius 2 is 1.36 bits per heavy atom. The van der Waals surface area contributed by atoms with Crippen molar-refractivity contribution in [2.24, 2.45) is 20.5 Å². The number of aromatic hydroxyl groups is 1. The molecule has 0 aliphatic carbocycles. The van der Waals surface area contributed by atoms with E-state index in [0.29, 0.717) is 11.4 Å². The van der Waals surface area contributed by atoms with Crippen LogP contribution in [0.4, 0.5) is 34.1 Å². The van der Waals surface area contributed by atoms with Gasteiger partial charge < -0.3 is 20.3 Å². The second-order valence-corrected chi connectivity index (χ2v) is 13.1. The summed E-state index contributed by atoms with van der Waals surface area (Å²) in [6.07, 6.45) is 0. The predicted octanol–water partition coefficient (Wildman–Crippen LogP) is 7.33. The Kier molecular flexibility index (Phi) is 9.10. The lowest BCUT2D eigenvalue weighted by molar-refractivity contribution is 0.405. The van der Waals surface area contributed by atoms with Gasteiger partial charge in [0.1, 0.15) is 33.5 Å². The minimum absolute atomic E-state index is 0.0308. The van der Waals surface area contributed by atoms with Gasteiger partial charge in [0.15, 0.2) is 5.75 Å². The number of methoxy groups -OCH3 is 2. The number of phenolic OH excluding ortho intramolecular Hbond substituents is 1. The minimum Gasteiger partial charge on any atom is -0.505 e. The van der Waals surface area contributed by atoms with E-state index in [4.69, 9.17) is 15.2 Å². The van der Waals surface area contributed by atoms with Gasteiger partial charge in [0, 0.05) is 28.9 Å². The van der Waals surface area contributed by atoms with E-state index >= 15 is 0 Å². The van der Waals surface area contributed by atoms with Gasteiger partial charge in [-0.15, -0.1) is 15.3 Å². The summed E-state index contributed by atoms with van der Waals surface area (Å²) in [5, 5.41) is 27.7. The van der Waals surface area contributed by atoms with E-state index < -0.39 is 36.5 Å². The van der Waals surface area contributed by atoms with Gasteiger partial charge in [-0.2, -0.15) is 13.5 Å². The SMILES string of the molecule is COc1cc(N=Nc2c(S(=O)(=O)O)cc3cccc(N)c3c2O)c(OC)cc1N=Nc1ccc(S(=O)(=O)Nc2ccc(C)cc2)cc1. The van der Waals surface area contributed by atoms with Crippen molar-refractivity contribution in [3.63, 3.8) is 0 Å². The second-order valence-electron chi connectivity index (χ2n) is 10.1. The highest BCUT2D eigenvalue weighted by Crippen LogP contribution is 2.45. The van der Waals surface area contributed by atoms with Crippen LogP contribution in [0.2, 0.25) is 0 Å². The van der Waals surface area contributed by atoms with Crippen molar-refractivity contribution in [3.8, 4) is 17.2 Å². The largest absolute Gasteiger partial charge is 0.505 e. The molecule has 0 saturated heterocycles. The van der Waals surface area contributed by atoms with Gasteiger partial charge in [0.05, 0.1) is 24.8 Å². The number of ether oxygens (including phenoxy) is 2. The molecule has 0 fully saturated rings. The van der Waals surface area contributed by atoms with Crippen LogP contribution >= 0.6 is 0 Å². The summed E-state index contributed by atoms with van der Waals surface area (Å²) >= 11 is 0. The lowest BCUT2D eigenvalue weighted by atomic mass is 10.1. The third-order valence-electron chi connectivity index (χ3n) is 6.85. The summed E-state index contributed by atoms with van der Waals surface area (Å²) in [5.74, 6) is -0.301. The number of nitrogen functional groups attached to an aromatic ring is 1. The van der Waals surface area contributed by atoms with Crippen LogP contribution in [0, 0.1) is 6.92 Å². The first-order chi connectivity index (χ1) is 22.3. The second kappa shape index (κ2) is 13.0. The van der Waals surface area contributed by atoms with Gasteiger partial charge >= 0.3 is 0 Å². The Labute approximate surface area is 270 Å². The molecule has 242 valence electrons. The maximum atomic E-state index is 12.8. The summed E-state index contributed by atoms with van der Waals surface area (Å²) in [5.41, 5.74) is 7.64. The molecule has 0 atom stereocenters. The highest BCUT2D eigenvalue weighted by atomic mass is 32.2. The molecule has 0 amide bonds. The standard InChI is InChI=1S/C31H28N6O8S2/c1-18-7-9-21(10-8-18)37-46(39,40)22-13-11-20(12-14-22)33-34-24-16-27(45-3)25(17-26(24)44-2)35-36-30-28(47(41,42)43)15-19-5-4-6-23(32)29(19)31(30)38/h4-17,37-38H,32H2,1-3H3,(H,41,42,43). The molecule has 16 heteroatoms. The average molecular weight is 677 g/mol. The molecule has 0 saturated carbocycles. The molecule has 0 bridgehead atoms. The van der Waals surface area contributed by atoms with Crippen molar-refractivity contribution in [2.75, 3.05) is 24.7 Å². The first-order valence-electron chi connectivity index (χ1n) is 13.6. The third kappa shape index (κ3) is 7.14. The molecular weight excluding hydrogens is 649 g/mol. The van der Waals surface area contributed by atoms with Gasteiger partial charge in [-0.3, -0.25) is 9.27 Å². The number of nitrogens with zero attached hydrogens (tertiary/aromatic N) is 4. The molecule has 0 aliphatic heterocycles. The Hall–Kier alpha value is -5.58. The number of sulfonamides is 1. The Morgan fingerprint density at radius 1 is 0.766 bits per heavy atom. The number of rotatable bonds is 10. The molecule has 0 unspecified atom stereocenters. The topological polar surface area (TPSA) is 215 Å². The summed E-state index contributed by atoms with van der Waals surface area (Å²) in [4.78, 5) is -0.652. The third-order valence-corrected chi connectivity index (χ3v) is 9.11. The minimum atomic E-state index is -4.84. The molecule has 5 N–H and O–H groups in total. The fourth-order valence-electron chi connectivity index (χ4n) is 4.49. The van der Waals surface area contributed by atoms with E-state index in [1.165, 1.54) is 62.8 Å². The number of hydrogen-bond donors (Lipinski definition) is 4. The number of azo groups is 2. The smallest absolute Gasteiger partial charge is 0.296 e. The molecule has 0 spiro atoms. The van der Waals surface area contributed by atoms with Crippen LogP contribution in [0.1, 0.15) is 5.56 Å².